The maximum Gasteiger partial charge on any atom is 0.281 e. The lowest BCUT2D eigenvalue weighted by atomic mass is 9.98. The second-order valence-corrected chi connectivity index (χ2v) is 8.38. The molecule has 0 unspecified atom stereocenters. The van der Waals surface area contributed by atoms with Gasteiger partial charge in [0.2, 0.25) is 11.7 Å². The van der Waals surface area contributed by atoms with Crippen LogP contribution in [-0.4, -0.2) is 60.5 Å². The molecule has 2 heterocycles. The summed E-state index contributed by atoms with van der Waals surface area (Å²) >= 11 is 0. The normalized spacial score (nSPS) is 16.7. The van der Waals surface area contributed by atoms with E-state index in [1.54, 1.807) is 11.4 Å². The average molecular weight is 394 g/mol. The van der Waals surface area contributed by atoms with Crippen LogP contribution in [0.15, 0.2) is 28.8 Å². The molecule has 0 saturated carbocycles. The van der Waals surface area contributed by atoms with Gasteiger partial charge >= 0.3 is 0 Å². The van der Waals surface area contributed by atoms with Gasteiger partial charge in [-0.1, -0.05) is 19.0 Å². The smallest absolute Gasteiger partial charge is 0.281 e. The standard InChI is InChI=1S/C18H26N4O4S/c1-4-21(5-2)27(23,24)22-12-10-15(11-13-22)18-19-17(20-26-18)14-6-8-16(25-3)9-7-14/h6-9,15H,4-5,10-13H2,1-3H3. The van der Waals surface area contributed by atoms with Crippen molar-refractivity contribution in [3.05, 3.63) is 30.2 Å². The van der Waals surface area contributed by atoms with E-state index in [4.69, 9.17) is 9.26 Å². The maximum atomic E-state index is 12.6. The fourth-order valence-electron chi connectivity index (χ4n) is 3.31. The Kier molecular flexibility index (Phi) is 6.13. The van der Waals surface area contributed by atoms with Crippen LogP contribution >= 0.6 is 0 Å². The van der Waals surface area contributed by atoms with E-state index in [0.29, 0.717) is 50.7 Å². The van der Waals surface area contributed by atoms with Gasteiger partial charge in [-0.25, -0.2) is 0 Å². The predicted octanol–water partition coefficient (Wildman–Crippen LogP) is 2.51. The summed E-state index contributed by atoms with van der Waals surface area (Å²) in [7, 11) is -1.77. The Morgan fingerprint density at radius 1 is 1.19 bits per heavy atom. The molecule has 27 heavy (non-hydrogen) atoms. The number of ether oxygens (including phenoxy) is 1. The van der Waals surface area contributed by atoms with Crippen LogP contribution in [0, 0.1) is 0 Å². The van der Waals surface area contributed by atoms with Gasteiger partial charge in [0, 0.05) is 37.7 Å². The highest BCUT2D eigenvalue weighted by molar-refractivity contribution is 7.86. The summed E-state index contributed by atoms with van der Waals surface area (Å²) in [6.45, 7) is 5.59. The van der Waals surface area contributed by atoms with E-state index in [9.17, 15) is 8.42 Å². The molecule has 0 aliphatic carbocycles. The molecule has 148 valence electrons. The second kappa shape index (κ2) is 8.37. The molecule has 1 fully saturated rings. The third-order valence-corrected chi connectivity index (χ3v) is 7.14. The van der Waals surface area contributed by atoms with Gasteiger partial charge in [-0.05, 0) is 37.1 Å². The maximum absolute atomic E-state index is 12.6. The van der Waals surface area contributed by atoms with Gasteiger partial charge in [-0.3, -0.25) is 0 Å². The molecule has 0 spiro atoms. The van der Waals surface area contributed by atoms with Crippen LogP contribution in [0.3, 0.4) is 0 Å². The van der Waals surface area contributed by atoms with Crippen molar-refractivity contribution in [1.29, 1.82) is 0 Å². The van der Waals surface area contributed by atoms with Crippen LogP contribution in [0.2, 0.25) is 0 Å². The average Bonchev–Trinajstić information content (AvgIpc) is 3.19. The number of methoxy groups -OCH3 is 1. The van der Waals surface area contributed by atoms with Crippen LogP contribution < -0.4 is 4.74 Å². The van der Waals surface area contributed by atoms with E-state index < -0.39 is 10.2 Å². The molecule has 3 rings (SSSR count). The minimum atomic E-state index is -3.39. The molecule has 1 aliphatic rings. The molecule has 1 aromatic carbocycles. The SMILES string of the molecule is CCN(CC)S(=O)(=O)N1CCC(c2nc(-c3ccc(OC)cc3)no2)CC1. The highest BCUT2D eigenvalue weighted by Crippen LogP contribution is 2.30. The minimum absolute atomic E-state index is 0.0765. The molecule has 0 atom stereocenters. The van der Waals surface area contributed by atoms with Crippen molar-refractivity contribution in [2.24, 2.45) is 0 Å². The monoisotopic (exact) mass is 394 g/mol. The minimum Gasteiger partial charge on any atom is -0.497 e. The number of aromatic nitrogens is 2. The number of piperidine rings is 1. The molecule has 0 radical (unpaired) electrons. The molecule has 0 amide bonds. The molecule has 0 N–H and O–H groups in total. The quantitative estimate of drug-likeness (QED) is 0.717. The summed E-state index contributed by atoms with van der Waals surface area (Å²) in [5, 5.41) is 4.07. The molecule has 1 aliphatic heterocycles. The van der Waals surface area contributed by atoms with Crippen molar-refractivity contribution in [3.8, 4) is 17.1 Å². The van der Waals surface area contributed by atoms with Crippen molar-refractivity contribution in [3.63, 3.8) is 0 Å². The van der Waals surface area contributed by atoms with Crippen LogP contribution in [0.1, 0.15) is 38.5 Å². The molecule has 2 aromatic rings. The lowest BCUT2D eigenvalue weighted by molar-refractivity contribution is 0.257. The Labute approximate surface area is 160 Å². The predicted molar refractivity (Wildman–Crippen MR) is 102 cm³/mol. The Hall–Kier alpha value is -1.97. The molecular formula is C18H26N4O4S. The number of hydrogen-bond acceptors (Lipinski definition) is 6. The first-order chi connectivity index (χ1) is 13.0. The van der Waals surface area contributed by atoms with Gasteiger partial charge in [-0.2, -0.15) is 22.0 Å². The first kappa shape index (κ1) is 19.8. The summed E-state index contributed by atoms with van der Waals surface area (Å²) < 4.78 is 38.9. The van der Waals surface area contributed by atoms with Gasteiger partial charge in [-0.15, -0.1) is 0 Å². The molecule has 9 heteroatoms. The Morgan fingerprint density at radius 2 is 1.81 bits per heavy atom. The van der Waals surface area contributed by atoms with Gasteiger partial charge in [0.05, 0.1) is 7.11 Å². The highest BCUT2D eigenvalue weighted by Gasteiger charge is 2.33. The number of benzene rings is 1. The first-order valence-corrected chi connectivity index (χ1v) is 10.6. The zero-order valence-corrected chi connectivity index (χ0v) is 16.8. The van der Waals surface area contributed by atoms with Crippen LogP contribution in [0.4, 0.5) is 0 Å². The van der Waals surface area contributed by atoms with Crippen molar-refractivity contribution in [2.45, 2.75) is 32.6 Å². The largest absolute Gasteiger partial charge is 0.497 e. The van der Waals surface area contributed by atoms with Gasteiger partial charge < -0.3 is 9.26 Å². The number of hydrogen-bond donors (Lipinski definition) is 0. The molecule has 8 nitrogen and oxygen atoms in total. The zero-order valence-electron chi connectivity index (χ0n) is 16.0. The summed E-state index contributed by atoms with van der Waals surface area (Å²) in [6.07, 6.45) is 1.34. The van der Waals surface area contributed by atoms with Gasteiger partial charge in [0.1, 0.15) is 5.75 Å². The fourth-order valence-corrected chi connectivity index (χ4v) is 4.96. The molecule has 0 bridgehead atoms. The van der Waals surface area contributed by atoms with Gasteiger partial charge in [0.25, 0.3) is 10.2 Å². The van der Waals surface area contributed by atoms with Gasteiger partial charge in [0.15, 0.2) is 0 Å². The van der Waals surface area contributed by atoms with Crippen molar-refractivity contribution >= 4 is 10.2 Å². The number of rotatable bonds is 7. The summed E-state index contributed by atoms with van der Waals surface area (Å²) in [5.74, 6) is 1.95. The van der Waals surface area contributed by atoms with E-state index in [1.807, 2.05) is 38.1 Å². The summed E-state index contributed by atoms with van der Waals surface area (Å²) in [4.78, 5) is 4.52. The van der Waals surface area contributed by atoms with Crippen LogP contribution in [-0.2, 0) is 10.2 Å². The zero-order chi connectivity index (χ0) is 19.4. The lowest BCUT2D eigenvalue weighted by Gasteiger charge is -2.33. The first-order valence-electron chi connectivity index (χ1n) is 9.22. The van der Waals surface area contributed by atoms with E-state index in [0.717, 1.165) is 11.3 Å². The van der Waals surface area contributed by atoms with Crippen molar-refractivity contribution < 1.29 is 17.7 Å². The Bertz CT molecular complexity index is 839. The Balaban J connectivity index is 1.66. The second-order valence-electron chi connectivity index (χ2n) is 6.45. The fraction of sp³-hybridized carbons (Fsp3) is 0.556. The van der Waals surface area contributed by atoms with Crippen LogP contribution in [0.5, 0.6) is 5.75 Å². The van der Waals surface area contributed by atoms with Crippen molar-refractivity contribution in [1.82, 2.24) is 18.8 Å². The highest BCUT2D eigenvalue weighted by atomic mass is 32.2. The molecule has 1 saturated heterocycles. The summed E-state index contributed by atoms with van der Waals surface area (Å²) in [6, 6.07) is 7.46. The third-order valence-electron chi connectivity index (χ3n) is 4.95. The Morgan fingerprint density at radius 3 is 2.37 bits per heavy atom. The van der Waals surface area contributed by atoms with Crippen LogP contribution in [0.25, 0.3) is 11.4 Å². The third kappa shape index (κ3) is 4.15. The lowest BCUT2D eigenvalue weighted by Crippen LogP contribution is -2.46. The van der Waals surface area contributed by atoms with E-state index in [1.165, 1.54) is 4.31 Å². The molecule has 1 aromatic heterocycles. The summed E-state index contributed by atoms with van der Waals surface area (Å²) in [5.41, 5.74) is 0.854. The van der Waals surface area contributed by atoms with E-state index in [2.05, 4.69) is 10.1 Å². The van der Waals surface area contributed by atoms with Crippen molar-refractivity contribution in [2.75, 3.05) is 33.3 Å². The topological polar surface area (TPSA) is 88.8 Å². The molecular weight excluding hydrogens is 368 g/mol. The number of nitrogens with zero attached hydrogens (tertiary/aromatic N) is 4. The van der Waals surface area contributed by atoms with E-state index in [-0.39, 0.29) is 5.92 Å². The van der Waals surface area contributed by atoms with E-state index >= 15 is 0 Å².